The van der Waals surface area contributed by atoms with Crippen molar-refractivity contribution in [2.75, 3.05) is 13.2 Å². The molecule has 2 amide bonds. The van der Waals surface area contributed by atoms with E-state index in [1.54, 1.807) is 66.0 Å². The van der Waals surface area contributed by atoms with Crippen LogP contribution in [-0.4, -0.2) is 73.3 Å². The zero-order chi connectivity index (χ0) is 31.2. The molecule has 13 nitrogen and oxygen atoms in total. The molecule has 3 aromatic rings. The van der Waals surface area contributed by atoms with Crippen LogP contribution in [0, 0.1) is 0 Å². The minimum absolute atomic E-state index is 0.0174. The highest BCUT2D eigenvalue weighted by Crippen LogP contribution is 2.12. The molecular weight excluding hydrogens is 594 g/mol. The number of aromatic nitrogens is 1. The molecule has 1 aromatic heterocycles. The number of aliphatic hydroxyl groups is 1. The Morgan fingerprint density at radius 1 is 0.907 bits per heavy atom. The molecule has 0 fully saturated rings. The lowest BCUT2D eigenvalue weighted by molar-refractivity contribution is -0.131. The molecule has 0 spiro atoms. The highest BCUT2D eigenvalue weighted by molar-refractivity contribution is 7.88. The maximum absolute atomic E-state index is 13.4. The van der Waals surface area contributed by atoms with Gasteiger partial charge in [-0.25, -0.2) is 18.1 Å². The average molecular weight is 630 g/mol. The van der Waals surface area contributed by atoms with E-state index in [0.29, 0.717) is 17.5 Å². The Morgan fingerprint density at radius 2 is 1.51 bits per heavy atom. The molecule has 0 saturated heterocycles. The third-order valence-corrected chi connectivity index (χ3v) is 8.30. The molecule has 3 rings (SSSR count). The summed E-state index contributed by atoms with van der Waals surface area (Å²) in [5, 5.41) is 16.8. The van der Waals surface area contributed by atoms with Crippen molar-refractivity contribution < 1.29 is 27.9 Å². The number of aliphatic hydroxyl groups excluding tert-OH is 1. The molecule has 0 saturated carbocycles. The standard InChI is InChI=1S/C28H35N7O6S2/c29-28(30)32-13-7-12-21(24(37)27-31-14-15-42-27)33-26(39)23(17-36)34-25(38)22(16-19-8-3-1-4-9-19)35-43(40,41)18-20-10-5-2-6-11-20/h1-6,8-11,14-15,21-23,35-36H,7,12-13,16-18H2,(H,33,39)(H,34,38)(H4,29,30,32). The van der Waals surface area contributed by atoms with Crippen molar-refractivity contribution in [3.8, 4) is 0 Å². The van der Waals surface area contributed by atoms with Crippen molar-refractivity contribution in [3.63, 3.8) is 0 Å². The summed E-state index contributed by atoms with van der Waals surface area (Å²) in [7, 11) is -3.99. The Balaban J connectivity index is 1.75. The van der Waals surface area contributed by atoms with Crippen molar-refractivity contribution in [1.82, 2.24) is 20.3 Å². The predicted octanol–water partition coefficient (Wildman–Crippen LogP) is 0.0722. The number of carbonyl (C=O) groups excluding carboxylic acids is 3. The van der Waals surface area contributed by atoms with E-state index in [0.717, 1.165) is 11.3 Å². The number of amides is 2. The van der Waals surface area contributed by atoms with Crippen LogP contribution in [0.1, 0.15) is 33.8 Å². The molecule has 0 aliphatic rings. The zero-order valence-corrected chi connectivity index (χ0v) is 24.9. The SMILES string of the molecule is NC(N)=NCCCC(NC(=O)C(CO)NC(=O)C(Cc1ccccc1)NS(=O)(=O)Cc1ccccc1)C(=O)c1nccs1. The number of benzene rings is 2. The molecule has 1 heterocycles. The van der Waals surface area contributed by atoms with Crippen LogP contribution in [0.5, 0.6) is 0 Å². The van der Waals surface area contributed by atoms with Crippen LogP contribution in [-0.2, 0) is 31.8 Å². The summed E-state index contributed by atoms with van der Waals surface area (Å²) in [4.78, 5) is 47.5. The molecule has 230 valence electrons. The van der Waals surface area contributed by atoms with Gasteiger partial charge in [0.25, 0.3) is 0 Å². The molecule has 0 bridgehead atoms. The van der Waals surface area contributed by atoms with Crippen molar-refractivity contribution in [1.29, 1.82) is 0 Å². The Morgan fingerprint density at radius 3 is 2.09 bits per heavy atom. The van der Waals surface area contributed by atoms with E-state index in [4.69, 9.17) is 11.5 Å². The third kappa shape index (κ3) is 11.2. The number of ketones is 1. The number of nitrogens with two attached hydrogens (primary N) is 2. The van der Waals surface area contributed by atoms with Gasteiger partial charge >= 0.3 is 0 Å². The fourth-order valence-electron chi connectivity index (χ4n) is 4.10. The largest absolute Gasteiger partial charge is 0.394 e. The van der Waals surface area contributed by atoms with Crippen molar-refractivity contribution >= 4 is 44.9 Å². The topological polar surface area (TPSA) is 219 Å². The minimum Gasteiger partial charge on any atom is -0.394 e. The van der Waals surface area contributed by atoms with E-state index in [2.05, 4.69) is 25.3 Å². The van der Waals surface area contributed by atoms with Crippen molar-refractivity contribution in [3.05, 3.63) is 88.4 Å². The van der Waals surface area contributed by atoms with Crippen LogP contribution in [0.25, 0.3) is 0 Å². The quantitative estimate of drug-likeness (QED) is 0.0514. The number of aliphatic imine (C=N–C) groups is 1. The second-order valence-electron chi connectivity index (χ2n) is 9.56. The lowest BCUT2D eigenvalue weighted by Gasteiger charge is -2.24. The molecule has 3 unspecified atom stereocenters. The second-order valence-corrected chi connectivity index (χ2v) is 12.2. The van der Waals surface area contributed by atoms with Gasteiger partial charge in [-0.2, -0.15) is 0 Å². The summed E-state index contributed by atoms with van der Waals surface area (Å²) in [5.41, 5.74) is 11.9. The maximum Gasteiger partial charge on any atom is 0.245 e. The average Bonchev–Trinajstić information content (AvgIpc) is 3.52. The summed E-state index contributed by atoms with van der Waals surface area (Å²) in [6, 6.07) is 13.4. The summed E-state index contributed by atoms with van der Waals surface area (Å²) in [5.74, 6) is -2.59. The molecule has 3 atom stereocenters. The minimum atomic E-state index is -3.99. The number of sulfonamides is 1. The van der Waals surface area contributed by atoms with E-state index in [1.807, 2.05) is 0 Å². The van der Waals surface area contributed by atoms with Gasteiger partial charge in [0.15, 0.2) is 11.0 Å². The van der Waals surface area contributed by atoms with Crippen LogP contribution in [0.4, 0.5) is 0 Å². The summed E-state index contributed by atoms with van der Waals surface area (Å²) in [6.07, 6.45) is 1.94. The molecule has 2 aromatic carbocycles. The number of hydrogen-bond donors (Lipinski definition) is 6. The Kier molecular flexibility index (Phi) is 12.8. The van der Waals surface area contributed by atoms with Crippen LogP contribution in [0.2, 0.25) is 0 Å². The first kappa shape index (κ1) is 33.3. The van der Waals surface area contributed by atoms with Gasteiger partial charge in [-0.15, -0.1) is 11.3 Å². The van der Waals surface area contributed by atoms with Gasteiger partial charge in [-0.3, -0.25) is 19.4 Å². The smallest absolute Gasteiger partial charge is 0.245 e. The first-order valence-corrected chi connectivity index (χ1v) is 15.9. The predicted molar refractivity (Wildman–Crippen MR) is 163 cm³/mol. The first-order valence-electron chi connectivity index (χ1n) is 13.4. The fraction of sp³-hybridized carbons (Fsp3) is 0.321. The van der Waals surface area contributed by atoms with E-state index < -0.39 is 52.4 Å². The number of nitrogens with one attached hydrogen (secondary N) is 3. The number of guanidine groups is 1. The van der Waals surface area contributed by atoms with Crippen LogP contribution < -0.4 is 26.8 Å². The lowest BCUT2D eigenvalue weighted by atomic mass is 10.0. The van der Waals surface area contributed by atoms with Gasteiger partial charge in [-0.05, 0) is 30.4 Å². The van der Waals surface area contributed by atoms with E-state index in [-0.39, 0.29) is 36.1 Å². The van der Waals surface area contributed by atoms with Crippen molar-refractivity contribution in [2.45, 2.75) is 43.1 Å². The highest BCUT2D eigenvalue weighted by atomic mass is 32.2. The fourth-order valence-corrected chi connectivity index (χ4v) is 6.06. The second kappa shape index (κ2) is 16.5. The van der Waals surface area contributed by atoms with Gasteiger partial charge in [0.05, 0.1) is 18.4 Å². The lowest BCUT2D eigenvalue weighted by Crippen LogP contribution is -2.57. The van der Waals surface area contributed by atoms with Gasteiger partial charge in [0.2, 0.25) is 27.6 Å². The number of Topliss-reactive ketones (excluding diaryl/α,β-unsaturated/α-hetero) is 1. The Hall–Kier alpha value is -4.18. The molecule has 0 aliphatic carbocycles. The number of carbonyl (C=O) groups is 3. The Bertz CT molecular complexity index is 1470. The van der Waals surface area contributed by atoms with Crippen LogP contribution in [0.3, 0.4) is 0 Å². The van der Waals surface area contributed by atoms with Gasteiger partial charge < -0.3 is 27.2 Å². The summed E-state index contributed by atoms with van der Waals surface area (Å²) < 4.78 is 28.4. The van der Waals surface area contributed by atoms with E-state index in [9.17, 15) is 27.9 Å². The Labute approximate surface area is 253 Å². The van der Waals surface area contributed by atoms with E-state index in [1.165, 1.54) is 6.20 Å². The van der Waals surface area contributed by atoms with E-state index >= 15 is 0 Å². The van der Waals surface area contributed by atoms with Crippen molar-refractivity contribution in [2.24, 2.45) is 16.5 Å². The number of nitrogens with zero attached hydrogens (tertiary/aromatic N) is 2. The van der Waals surface area contributed by atoms with Crippen LogP contribution >= 0.6 is 11.3 Å². The molecular formula is C28H35N7O6S2. The maximum atomic E-state index is 13.4. The summed E-state index contributed by atoms with van der Waals surface area (Å²) in [6.45, 7) is -0.594. The summed E-state index contributed by atoms with van der Waals surface area (Å²) >= 11 is 1.10. The molecule has 0 radical (unpaired) electrons. The van der Waals surface area contributed by atoms with Gasteiger partial charge in [0.1, 0.15) is 12.1 Å². The normalized spacial score (nSPS) is 13.3. The van der Waals surface area contributed by atoms with Crippen LogP contribution in [0.15, 0.2) is 77.2 Å². The first-order chi connectivity index (χ1) is 20.6. The number of thiazole rings is 1. The van der Waals surface area contributed by atoms with Gasteiger partial charge in [0, 0.05) is 18.1 Å². The monoisotopic (exact) mass is 629 g/mol. The zero-order valence-electron chi connectivity index (χ0n) is 23.3. The van der Waals surface area contributed by atoms with Gasteiger partial charge in [-0.1, -0.05) is 60.7 Å². The number of hydrogen-bond acceptors (Lipinski definition) is 9. The molecule has 43 heavy (non-hydrogen) atoms. The third-order valence-electron chi connectivity index (χ3n) is 6.16. The molecule has 8 N–H and O–H groups in total. The molecule has 0 aliphatic heterocycles. The number of rotatable bonds is 17. The highest BCUT2D eigenvalue weighted by Gasteiger charge is 2.31. The molecule has 15 heteroatoms.